The average Bonchev–Trinajstić information content (AvgIpc) is 3.39. The molecule has 1 saturated carbocycles. The summed E-state index contributed by atoms with van der Waals surface area (Å²) in [6.07, 6.45) is 5.90. The Labute approximate surface area is 239 Å². The molecule has 0 amide bonds. The lowest BCUT2D eigenvalue weighted by molar-refractivity contribution is -0.209. The summed E-state index contributed by atoms with van der Waals surface area (Å²) in [5, 5.41) is 0. The zero-order valence-corrected chi connectivity index (χ0v) is 24.1. The molecule has 3 atom stereocenters. The van der Waals surface area contributed by atoms with Crippen molar-refractivity contribution in [3.05, 3.63) is 84.4 Å². The maximum absolute atomic E-state index is 13.0. The zero-order chi connectivity index (χ0) is 28.6. The zero-order valence-electron chi connectivity index (χ0n) is 24.1. The first-order valence-electron chi connectivity index (χ1n) is 14.8. The molecule has 1 unspecified atom stereocenters. The van der Waals surface area contributed by atoms with E-state index in [-0.39, 0.29) is 24.5 Å². The predicted molar refractivity (Wildman–Crippen MR) is 153 cm³/mol. The van der Waals surface area contributed by atoms with E-state index in [1.807, 2.05) is 30.3 Å². The molecule has 4 rings (SSSR count). The number of hydrogen-bond acceptors (Lipinski definition) is 6. The van der Waals surface area contributed by atoms with Crippen LogP contribution in [0.15, 0.2) is 66.7 Å². The first-order chi connectivity index (χ1) is 19.4. The molecule has 0 aromatic heterocycles. The van der Waals surface area contributed by atoms with Crippen LogP contribution in [-0.2, 0) is 34.3 Å². The quantitative estimate of drug-likeness (QED) is 0.270. The molecule has 2 aromatic rings. The van der Waals surface area contributed by atoms with E-state index >= 15 is 0 Å². The van der Waals surface area contributed by atoms with Gasteiger partial charge in [0.1, 0.15) is 0 Å². The standard InChI is InChI=1S/C34H43O6/c1-5-21-33(22-19-26(20-23-33)25-15-11-9-12-16-25)27(6-2)24-34(28-17-13-10-14-18-28)39-29(31(35)37-7-3)30(40-34)32(36)38-8-4/h2,6,9-18,26-27,29-30H,5,7-8,19-24H2,1,3-4H3/t26?,27?,29-,30-,33?/m1/s1. The minimum absolute atomic E-state index is 0.0509. The minimum atomic E-state index is -1.37. The van der Waals surface area contributed by atoms with Crippen LogP contribution in [0.2, 0.25) is 0 Å². The Balaban J connectivity index is 1.67. The van der Waals surface area contributed by atoms with E-state index in [1.165, 1.54) is 5.56 Å². The van der Waals surface area contributed by atoms with Crippen LogP contribution < -0.4 is 0 Å². The molecule has 0 bridgehead atoms. The second-order valence-electron chi connectivity index (χ2n) is 11.0. The van der Waals surface area contributed by atoms with Crippen molar-refractivity contribution in [1.82, 2.24) is 0 Å². The molecule has 1 saturated heterocycles. The van der Waals surface area contributed by atoms with Crippen LogP contribution in [-0.4, -0.2) is 37.4 Å². The summed E-state index contributed by atoms with van der Waals surface area (Å²) in [5.74, 6) is -2.20. The molecule has 6 nitrogen and oxygen atoms in total. The first-order valence-corrected chi connectivity index (χ1v) is 14.8. The fourth-order valence-electron chi connectivity index (χ4n) is 6.73. The molecule has 0 N–H and O–H groups in total. The van der Waals surface area contributed by atoms with Gasteiger partial charge in [0.15, 0.2) is 18.0 Å². The lowest BCUT2D eigenvalue weighted by atomic mass is 9.59. The maximum Gasteiger partial charge on any atom is 0.338 e. The van der Waals surface area contributed by atoms with Crippen LogP contribution >= 0.6 is 0 Å². The molecular weight excluding hydrogens is 504 g/mol. The van der Waals surface area contributed by atoms with Crippen molar-refractivity contribution in [1.29, 1.82) is 0 Å². The van der Waals surface area contributed by atoms with Gasteiger partial charge in [-0.25, -0.2) is 9.59 Å². The van der Waals surface area contributed by atoms with Gasteiger partial charge in [0, 0.05) is 12.0 Å². The number of carbonyl (C=O) groups is 2. The third-order valence-corrected chi connectivity index (χ3v) is 8.67. The van der Waals surface area contributed by atoms with Crippen molar-refractivity contribution in [3.8, 4) is 0 Å². The smallest absolute Gasteiger partial charge is 0.338 e. The number of rotatable bonds is 12. The van der Waals surface area contributed by atoms with Crippen LogP contribution in [0.1, 0.15) is 82.8 Å². The monoisotopic (exact) mass is 547 g/mol. The Morgan fingerprint density at radius 1 is 0.900 bits per heavy atom. The van der Waals surface area contributed by atoms with Crippen molar-refractivity contribution < 1.29 is 28.5 Å². The van der Waals surface area contributed by atoms with Crippen LogP contribution in [0.5, 0.6) is 0 Å². The lowest BCUT2D eigenvalue weighted by Crippen LogP contribution is -2.40. The normalized spacial score (nSPS) is 26.5. The maximum atomic E-state index is 13.0. The predicted octanol–water partition coefficient (Wildman–Crippen LogP) is 6.89. The van der Waals surface area contributed by atoms with E-state index in [2.05, 4.69) is 37.3 Å². The summed E-state index contributed by atoms with van der Waals surface area (Å²) in [5.41, 5.74) is 2.07. The molecule has 2 aromatic carbocycles. The molecule has 2 aliphatic rings. The van der Waals surface area contributed by atoms with Gasteiger partial charge in [0.25, 0.3) is 0 Å². The van der Waals surface area contributed by atoms with E-state index in [1.54, 1.807) is 19.9 Å². The Hall–Kier alpha value is -2.96. The van der Waals surface area contributed by atoms with Crippen LogP contribution in [0.25, 0.3) is 0 Å². The van der Waals surface area contributed by atoms with Gasteiger partial charge in [0.05, 0.1) is 13.2 Å². The van der Waals surface area contributed by atoms with Crippen LogP contribution in [0.4, 0.5) is 0 Å². The molecule has 1 radical (unpaired) electrons. The summed E-state index contributed by atoms with van der Waals surface area (Å²) in [7, 11) is 0. The van der Waals surface area contributed by atoms with E-state index in [4.69, 9.17) is 25.5 Å². The summed E-state index contributed by atoms with van der Waals surface area (Å²) in [4.78, 5) is 26.0. The van der Waals surface area contributed by atoms with Crippen LogP contribution in [0, 0.1) is 17.9 Å². The summed E-state index contributed by atoms with van der Waals surface area (Å²) >= 11 is 0. The number of allylic oxidation sites excluding steroid dienone is 1. The van der Waals surface area contributed by atoms with Gasteiger partial charge in [-0.15, -0.1) is 0 Å². The Bertz CT molecular complexity index is 1080. The Morgan fingerprint density at radius 3 is 1.90 bits per heavy atom. The highest BCUT2D eigenvalue weighted by atomic mass is 16.8. The van der Waals surface area contributed by atoms with Crippen molar-refractivity contribution in [3.63, 3.8) is 0 Å². The average molecular weight is 548 g/mol. The molecule has 40 heavy (non-hydrogen) atoms. The van der Waals surface area contributed by atoms with Crippen molar-refractivity contribution >= 4 is 11.9 Å². The fourth-order valence-corrected chi connectivity index (χ4v) is 6.73. The Morgan fingerprint density at radius 2 is 1.43 bits per heavy atom. The van der Waals surface area contributed by atoms with E-state index in [0.717, 1.165) is 44.1 Å². The third kappa shape index (κ3) is 6.34. The second-order valence-corrected chi connectivity index (χ2v) is 11.0. The minimum Gasteiger partial charge on any atom is -0.464 e. The first kappa shape index (κ1) is 30.0. The highest BCUT2D eigenvalue weighted by Crippen LogP contribution is 2.55. The highest BCUT2D eigenvalue weighted by Gasteiger charge is 2.57. The molecule has 1 aliphatic heterocycles. The van der Waals surface area contributed by atoms with Gasteiger partial charge in [-0.1, -0.05) is 86.7 Å². The molecule has 1 heterocycles. The SMILES string of the molecule is [CH]=CC(CC1(c2ccccc2)O[C@@H](C(=O)OCC)[C@H](C(=O)OCC)O1)C1(CCC)CCC(c2ccccc2)CC1. The van der Waals surface area contributed by atoms with Crippen molar-refractivity contribution in [2.24, 2.45) is 11.3 Å². The number of ether oxygens (including phenoxy) is 4. The molecule has 215 valence electrons. The number of esters is 2. The summed E-state index contributed by atoms with van der Waals surface area (Å²) < 4.78 is 23.6. The van der Waals surface area contributed by atoms with Gasteiger partial charge in [-0.2, -0.15) is 0 Å². The summed E-state index contributed by atoms with van der Waals surface area (Å²) in [6, 6.07) is 20.2. The van der Waals surface area contributed by atoms with Gasteiger partial charge >= 0.3 is 11.9 Å². The second kappa shape index (κ2) is 13.6. The van der Waals surface area contributed by atoms with Crippen molar-refractivity contribution in [2.45, 2.75) is 89.6 Å². The highest BCUT2D eigenvalue weighted by molar-refractivity contribution is 5.86. The van der Waals surface area contributed by atoms with Crippen molar-refractivity contribution in [2.75, 3.05) is 13.2 Å². The fraction of sp³-hybridized carbons (Fsp3) is 0.529. The number of carbonyl (C=O) groups excluding carboxylic acids is 2. The van der Waals surface area contributed by atoms with E-state index < -0.39 is 29.9 Å². The lowest BCUT2D eigenvalue weighted by Gasteiger charge is -2.47. The number of hydrogen-bond donors (Lipinski definition) is 0. The van der Waals surface area contributed by atoms with E-state index in [0.29, 0.717) is 12.3 Å². The topological polar surface area (TPSA) is 71.1 Å². The molecule has 1 aliphatic carbocycles. The molecule has 2 fully saturated rings. The van der Waals surface area contributed by atoms with Crippen LogP contribution in [0.3, 0.4) is 0 Å². The van der Waals surface area contributed by atoms with Gasteiger partial charge < -0.3 is 18.9 Å². The largest absolute Gasteiger partial charge is 0.464 e. The number of benzene rings is 2. The third-order valence-electron chi connectivity index (χ3n) is 8.67. The van der Waals surface area contributed by atoms with Gasteiger partial charge in [0.2, 0.25) is 0 Å². The molecular formula is C34H43O6. The molecule has 0 spiro atoms. The van der Waals surface area contributed by atoms with E-state index in [9.17, 15) is 9.59 Å². The van der Waals surface area contributed by atoms with Gasteiger partial charge in [-0.3, -0.25) is 0 Å². The van der Waals surface area contributed by atoms with Gasteiger partial charge in [-0.05, 0) is 68.8 Å². The molecule has 6 heteroatoms. The Kier molecular flexibility index (Phi) is 10.2. The summed E-state index contributed by atoms with van der Waals surface area (Å²) in [6.45, 7) is 12.4.